The second-order valence-electron chi connectivity index (χ2n) is 3.86. The van der Waals surface area contributed by atoms with Crippen LogP contribution in [0.3, 0.4) is 0 Å². The van der Waals surface area contributed by atoms with Gasteiger partial charge in [-0.1, -0.05) is 0 Å². The molecule has 9 heteroatoms. The zero-order valence-electron chi connectivity index (χ0n) is 9.62. The summed E-state index contributed by atoms with van der Waals surface area (Å²) in [6.45, 7) is 0. The summed E-state index contributed by atoms with van der Waals surface area (Å²) in [7, 11) is 0. The highest BCUT2D eigenvalue weighted by atomic mass is 19.2. The maximum absolute atomic E-state index is 13.5. The lowest BCUT2D eigenvalue weighted by Gasteiger charge is -2.11. The maximum atomic E-state index is 13.5. The second kappa shape index (κ2) is 4.83. The Morgan fingerprint density at radius 1 is 0.571 bits per heavy atom. The summed E-state index contributed by atoms with van der Waals surface area (Å²) in [6.07, 6.45) is 0. The van der Waals surface area contributed by atoms with Gasteiger partial charge in [-0.3, -0.25) is 0 Å². The zero-order chi connectivity index (χ0) is 16.1. The summed E-state index contributed by atoms with van der Waals surface area (Å²) in [5.41, 5.74) is -3.06. The van der Waals surface area contributed by atoms with Gasteiger partial charge in [-0.15, -0.1) is 0 Å². The van der Waals surface area contributed by atoms with Crippen molar-refractivity contribution in [3.63, 3.8) is 0 Å². The molecule has 2 nitrogen and oxygen atoms in total. The van der Waals surface area contributed by atoms with Gasteiger partial charge in [0.05, 0.1) is 5.56 Å². The van der Waals surface area contributed by atoms with Crippen molar-refractivity contribution in [3.8, 4) is 22.6 Å². The Balaban J connectivity index is 2.93. The number of phenolic OH excluding ortho intramolecular Hbond substituents is 2. The molecule has 21 heavy (non-hydrogen) atoms. The largest absolute Gasteiger partial charge is 0.504 e. The summed E-state index contributed by atoms with van der Waals surface area (Å²) in [6, 6.07) is -0.0112. The van der Waals surface area contributed by atoms with Crippen molar-refractivity contribution in [2.24, 2.45) is 0 Å². The molecule has 2 aromatic rings. The molecule has 0 radical (unpaired) electrons. The minimum Gasteiger partial charge on any atom is -0.504 e. The van der Waals surface area contributed by atoms with Crippen LogP contribution in [-0.4, -0.2) is 10.2 Å². The molecule has 0 aliphatic heterocycles. The second-order valence-corrected chi connectivity index (χ2v) is 3.86. The maximum Gasteiger partial charge on any atom is 0.204 e. The Morgan fingerprint density at radius 3 is 1.62 bits per heavy atom. The predicted molar refractivity (Wildman–Crippen MR) is 54.9 cm³/mol. The van der Waals surface area contributed by atoms with E-state index in [1.54, 1.807) is 0 Å². The first-order chi connectivity index (χ1) is 9.68. The quantitative estimate of drug-likeness (QED) is 0.478. The first-order valence-corrected chi connectivity index (χ1v) is 5.10. The van der Waals surface area contributed by atoms with E-state index in [4.69, 9.17) is 5.11 Å². The Bertz CT molecular complexity index is 729. The lowest BCUT2D eigenvalue weighted by atomic mass is 10.0. The molecule has 0 spiro atoms. The third kappa shape index (κ3) is 2.05. The standard InChI is InChI=1S/C12H3F7O2/c13-3-1-2(5(14)9(18)11(3)20)4-6(15)7(16)8(17)10(19)12(4)21/h1,20-21H. The molecule has 0 saturated heterocycles. The number of rotatable bonds is 1. The molecule has 2 aromatic carbocycles. The molecule has 2 rings (SSSR count). The zero-order valence-corrected chi connectivity index (χ0v) is 9.62. The predicted octanol–water partition coefficient (Wildman–Crippen LogP) is 3.74. The van der Waals surface area contributed by atoms with Crippen LogP contribution >= 0.6 is 0 Å². The molecule has 0 aliphatic rings. The first-order valence-electron chi connectivity index (χ1n) is 5.10. The summed E-state index contributed by atoms with van der Waals surface area (Å²) in [5, 5.41) is 18.0. The van der Waals surface area contributed by atoms with Crippen LogP contribution in [-0.2, 0) is 0 Å². The van der Waals surface area contributed by atoms with Gasteiger partial charge in [0, 0.05) is 5.56 Å². The Kier molecular flexibility index (Phi) is 3.44. The van der Waals surface area contributed by atoms with E-state index >= 15 is 0 Å². The van der Waals surface area contributed by atoms with E-state index in [9.17, 15) is 35.8 Å². The highest BCUT2D eigenvalue weighted by Crippen LogP contribution is 2.40. The van der Waals surface area contributed by atoms with E-state index in [-0.39, 0.29) is 6.07 Å². The molecule has 0 unspecified atom stereocenters. The fraction of sp³-hybridized carbons (Fsp3) is 0. The van der Waals surface area contributed by atoms with Crippen LogP contribution in [0.25, 0.3) is 11.1 Å². The van der Waals surface area contributed by atoms with Gasteiger partial charge in [0.2, 0.25) is 17.5 Å². The average Bonchev–Trinajstić information content (AvgIpc) is 2.46. The molecule has 0 saturated carbocycles. The number of benzene rings is 2. The molecule has 112 valence electrons. The van der Waals surface area contributed by atoms with Crippen LogP contribution in [0.15, 0.2) is 6.07 Å². The van der Waals surface area contributed by atoms with E-state index in [2.05, 4.69) is 0 Å². The smallest absolute Gasteiger partial charge is 0.204 e. The van der Waals surface area contributed by atoms with Crippen LogP contribution in [0.1, 0.15) is 0 Å². The Morgan fingerprint density at radius 2 is 1.05 bits per heavy atom. The van der Waals surface area contributed by atoms with Gasteiger partial charge in [0.25, 0.3) is 0 Å². The van der Waals surface area contributed by atoms with Crippen molar-refractivity contribution in [2.75, 3.05) is 0 Å². The van der Waals surface area contributed by atoms with Crippen molar-refractivity contribution >= 4 is 0 Å². The summed E-state index contributed by atoms with van der Waals surface area (Å²) >= 11 is 0. The molecular weight excluding hydrogens is 309 g/mol. The minimum absolute atomic E-state index is 0.0112. The Labute approximate surface area is 111 Å². The Hall–Kier alpha value is -2.45. The fourth-order valence-corrected chi connectivity index (χ4v) is 1.63. The number of aromatic hydroxyl groups is 2. The summed E-state index contributed by atoms with van der Waals surface area (Å²) < 4.78 is 92.4. The number of hydrogen-bond donors (Lipinski definition) is 2. The van der Waals surface area contributed by atoms with Crippen LogP contribution in [0, 0.1) is 40.7 Å². The average molecular weight is 312 g/mol. The van der Waals surface area contributed by atoms with Crippen LogP contribution in [0.5, 0.6) is 11.5 Å². The molecule has 0 fully saturated rings. The van der Waals surface area contributed by atoms with E-state index in [1.807, 2.05) is 0 Å². The summed E-state index contributed by atoms with van der Waals surface area (Å²) in [5.74, 6) is -19.0. The highest BCUT2D eigenvalue weighted by Gasteiger charge is 2.30. The summed E-state index contributed by atoms with van der Waals surface area (Å²) in [4.78, 5) is 0. The minimum atomic E-state index is -2.41. The van der Waals surface area contributed by atoms with E-state index in [0.717, 1.165) is 0 Å². The molecule has 0 aliphatic carbocycles. The van der Waals surface area contributed by atoms with Gasteiger partial charge in [-0.2, -0.15) is 8.78 Å². The fourth-order valence-electron chi connectivity index (χ4n) is 1.63. The lowest BCUT2D eigenvalue weighted by molar-refractivity contribution is 0.364. The van der Waals surface area contributed by atoms with Gasteiger partial charge in [-0.05, 0) is 6.07 Å². The van der Waals surface area contributed by atoms with Crippen molar-refractivity contribution in [1.29, 1.82) is 0 Å². The van der Waals surface area contributed by atoms with Gasteiger partial charge in [-0.25, -0.2) is 22.0 Å². The molecule has 0 atom stereocenters. The first kappa shape index (κ1) is 14.9. The third-order valence-corrected chi connectivity index (χ3v) is 2.65. The topological polar surface area (TPSA) is 40.5 Å². The third-order valence-electron chi connectivity index (χ3n) is 2.65. The molecule has 0 bridgehead atoms. The highest BCUT2D eigenvalue weighted by molar-refractivity contribution is 5.72. The molecule has 0 amide bonds. The molecular formula is C12H3F7O2. The lowest BCUT2D eigenvalue weighted by Crippen LogP contribution is -2.03. The van der Waals surface area contributed by atoms with E-state index in [0.29, 0.717) is 0 Å². The van der Waals surface area contributed by atoms with E-state index in [1.165, 1.54) is 0 Å². The number of phenols is 2. The van der Waals surface area contributed by atoms with Crippen LogP contribution < -0.4 is 0 Å². The number of hydrogen-bond acceptors (Lipinski definition) is 2. The van der Waals surface area contributed by atoms with Gasteiger partial charge in [0.1, 0.15) is 0 Å². The van der Waals surface area contributed by atoms with Gasteiger partial charge in [0.15, 0.2) is 34.8 Å². The normalized spacial score (nSPS) is 11.0. The number of halogens is 7. The van der Waals surface area contributed by atoms with Crippen molar-refractivity contribution in [1.82, 2.24) is 0 Å². The van der Waals surface area contributed by atoms with Crippen LogP contribution in [0.4, 0.5) is 30.7 Å². The monoisotopic (exact) mass is 312 g/mol. The van der Waals surface area contributed by atoms with E-state index < -0.39 is 63.3 Å². The molecule has 0 aromatic heterocycles. The SMILES string of the molecule is Oc1c(F)cc(-c2c(O)c(F)c(F)c(F)c2F)c(F)c1F. The van der Waals surface area contributed by atoms with Gasteiger partial charge >= 0.3 is 0 Å². The van der Waals surface area contributed by atoms with Crippen molar-refractivity contribution in [2.45, 2.75) is 0 Å². The van der Waals surface area contributed by atoms with Gasteiger partial charge < -0.3 is 10.2 Å². The molecule has 0 heterocycles. The molecule has 2 N–H and O–H groups in total. The van der Waals surface area contributed by atoms with Crippen LogP contribution in [0.2, 0.25) is 0 Å². The van der Waals surface area contributed by atoms with Crippen molar-refractivity contribution < 1.29 is 40.9 Å². The van der Waals surface area contributed by atoms with Crippen molar-refractivity contribution in [3.05, 3.63) is 46.8 Å².